The van der Waals surface area contributed by atoms with Crippen LogP contribution in [0.25, 0.3) is 0 Å². The van der Waals surface area contributed by atoms with Crippen molar-refractivity contribution in [3.8, 4) is 0 Å². The SMILES string of the molecule is CN(CC(=O)OCO)C(=O)OC(C)(C)C. The maximum atomic E-state index is 11.3. The van der Waals surface area contributed by atoms with E-state index in [1.807, 2.05) is 0 Å². The zero-order valence-electron chi connectivity index (χ0n) is 9.44. The summed E-state index contributed by atoms with van der Waals surface area (Å²) in [5.74, 6) is -0.689. The Balaban J connectivity index is 4.05. The van der Waals surface area contributed by atoms with Crippen LogP contribution < -0.4 is 0 Å². The van der Waals surface area contributed by atoms with Crippen LogP contribution in [0.1, 0.15) is 20.8 Å². The first-order chi connectivity index (χ1) is 6.76. The topological polar surface area (TPSA) is 76.1 Å². The summed E-state index contributed by atoms with van der Waals surface area (Å²) in [6.07, 6.45) is -0.614. The lowest BCUT2D eigenvalue weighted by Gasteiger charge is -2.23. The molecule has 0 radical (unpaired) electrons. The molecule has 0 aromatic heterocycles. The highest BCUT2D eigenvalue weighted by atomic mass is 16.6. The van der Waals surface area contributed by atoms with E-state index >= 15 is 0 Å². The molecule has 0 spiro atoms. The molecule has 6 heteroatoms. The van der Waals surface area contributed by atoms with Gasteiger partial charge in [-0.15, -0.1) is 0 Å². The molecule has 0 aliphatic heterocycles. The number of carbonyl (C=O) groups is 2. The molecule has 6 nitrogen and oxygen atoms in total. The van der Waals surface area contributed by atoms with E-state index in [4.69, 9.17) is 9.84 Å². The van der Waals surface area contributed by atoms with Crippen LogP contribution in [0.4, 0.5) is 4.79 Å². The van der Waals surface area contributed by atoms with Crippen molar-refractivity contribution < 1.29 is 24.2 Å². The molecule has 0 rings (SSSR count). The molecule has 0 aliphatic carbocycles. The highest BCUT2D eigenvalue weighted by Gasteiger charge is 2.21. The van der Waals surface area contributed by atoms with Gasteiger partial charge in [-0.1, -0.05) is 0 Å². The van der Waals surface area contributed by atoms with Crippen molar-refractivity contribution in [2.24, 2.45) is 0 Å². The lowest BCUT2D eigenvalue weighted by Crippen LogP contribution is -2.37. The van der Waals surface area contributed by atoms with E-state index in [0.29, 0.717) is 0 Å². The van der Waals surface area contributed by atoms with E-state index in [1.165, 1.54) is 7.05 Å². The van der Waals surface area contributed by atoms with Crippen LogP contribution in [0.3, 0.4) is 0 Å². The second-order valence-corrected chi connectivity index (χ2v) is 3.98. The fraction of sp³-hybridized carbons (Fsp3) is 0.778. The van der Waals surface area contributed by atoms with Crippen molar-refractivity contribution in [1.29, 1.82) is 0 Å². The molecule has 0 aliphatic rings. The third kappa shape index (κ3) is 6.73. The third-order valence-electron chi connectivity index (χ3n) is 1.30. The molecule has 1 N–H and O–H groups in total. The average molecular weight is 219 g/mol. The summed E-state index contributed by atoms with van der Waals surface area (Å²) >= 11 is 0. The molecule has 0 saturated carbocycles. The van der Waals surface area contributed by atoms with Crippen molar-refractivity contribution in [2.45, 2.75) is 26.4 Å². The van der Waals surface area contributed by atoms with Crippen LogP contribution in [-0.2, 0) is 14.3 Å². The van der Waals surface area contributed by atoms with Gasteiger partial charge in [0.1, 0.15) is 12.1 Å². The number of ether oxygens (including phenoxy) is 2. The molecule has 0 fully saturated rings. The maximum Gasteiger partial charge on any atom is 0.410 e. The molecule has 0 aromatic rings. The standard InChI is InChI=1S/C9H17NO5/c1-9(2,3)15-8(13)10(4)5-7(12)14-6-11/h11H,5-6H2,1-4H3. The van der Waals surface area contributed by atoms with Crippen LogP contribution >= 0.6 is 0 Å². The van der Waals surface area contributed by atoms with Gasteiger partial charge in [-0.05, 0) is 20.8 Å². The first-order valence-electron chi connectivity index (χ1n) is 4.47. The monoisotopic (exact) mass is 219 g/mol. The Labute approximate surface area is 88.8 Å². The average Bonchev–Trinajstić information content (AvgIpc) is 2.00. The summed E-state index contributed by atoms with van der Waals surface area (Å²) in [7, 11) is 1.41. The zero-order chi connectivity index (χ0) is 12.1. The predicted molar refractivity (Wildman–Crippen MR) is 52.0 cm³/mol. The van der Waals surface area contributed by atoms with Crippen LogP contribution in [0.5, 0.6) is 0 Å². The van der Waals surface area contributed by atoms with Gasteiger partial charge in [-0.3, -0.25) is 4.79 Å². The summed E-state index contributed by atoms with van der Waals surface area (Å²) in [6.45, 7) is 4.23. The minimum atomic E-state index is -0.693. The van der Waals surface area contributed by atoms with Crippen molar-refractivity contribution in [3.63, 3.8) is 0 Å². The highest BCUT2D eigenvalue weighted by Crippen LogP contribution is 2.08. The van der Waals surface area contributed by atoms with Gasteiger partial charge < -0.3 is 19.5 Å². The van der Waals surface area contributed by atoms with Crippen molar-refractivity contribution in [3.05, 3.63) is 0 Å². The van der Waals surface area contributed by atoms with Crippen molar-refractivity contribution >= 4 is 12.1 Å². The molecule has 15 heavy (non-hydrogen) atoms. The molecule has 0 aromatic carbocycles. The number of hydrogen-bond donors (Lipinski definition) is 1. The Morgan fingerprint density at radius 1 is 1.33 bits per heavy atom. The Hall–Kier alpha value is -1.30. The zero-order valence-corrected chi connectivity index (χ0v) is 9.44. The van der Waals surface area contributed by atoms with Gasteiger partial charge in [-0.25, -0.2) is 4.79 Å². The number of aliphatic hydroxyl groups is 1. The number of carbonyl (C=O) groups excluding carboxylic acids is 2. The fourth-order valence-electron chi connectivity index (χ4n) is 0.716. The molecule has 0 atom stereocenters. The summed E-state index contributed by atoms with van der Waals surface area (Å²) in [5.41, 5.74) is -0.605. The number of likely N-dealkylation sites (N-methyl/N-ethyl adjacent to an activating group) is 1. The summed E-state index contributed by atoms with van der Waals surface area (Å²) < 4.78 is 9.26. The van der Waals surface area contributed by atoms with E-state index in [2.05, 4.69) is 4.74 Å². The second-order valence-electron chi connectivity index (χ2n) is 3.98. The van der Waals surface area contributed by atoms with Crippen molar-refractivity contribution in [2.75, 3.05) is 20.4 Å². The van der Waals surface area contributed by atoms with Crippen LogP contribution in [-0.4, -0.2) is 48.1 Å². The number of amides is 1. The lowest BCUT2D eigenvalue weighted by atomic mass is 10.2. The molecule has 1 amide bonds. The number of esters is 1. The van der Waals surface area contributed by atoms with E-state index in [9.17, 15) is 9.59 Å². The molecular weight excluding hydrogens is 202 g/mol. The van der Waals surface area contributed by atoms with Gasteiger partial charge in [0.05, 0.1) is 0 Å². The number of aliphatic hydroxyl groups excluding tert-OH is 1. The Bertz CT molecular complexity index is 233. The van der Waals surface area contributed by atoms with Gasteiger partial charge in [-0.2, -0.15) is 0 Å². The molecule has 88 valence electrons. The predicted octanol–water partition coefficient (Wildman–Crippen LogP) is 0.346. The van der Waals surface area contributed by atoms with E-state index in [0.717, 1.165) is 4.90 Å². The Morgan fingerprint density at radius 2 is 1.87 bits per heavy atom. The fourth-order valence-corrected chi connectivity index (χ4v) is 0.716. The highest BCUT2D eigenvalue weighted by molar-refractivity contribution is 5.77. The maximum absolute atomic E-state index is 11.3. The largest absolute Gasteiger partial charge is 0.444 e. The first kappa shape index (κ1) is 13.7. The smallest absolute Gasteiger partial charge is 0.410 e. The van der Waals surface area contributed by atoms with Crippen LogP contribution in [0.15, 0.2) is 0 Å². The third-order valence-corrected chi connectivity index (χ3v) is 1.30. The van der Waals surface area contributed by atoms with Gasteiger partial charge >= 0.3 is 12.1 Å². The minimum Gasteiger partial charge on any atom is -0.444 e. The number of hydrogen-bond acceptors (Lipinski definition) is 5. The normalized spacial score (nSPS) is 10.7. The Morgan fingerprint density at radius 3 is 2.27 bits per heavy atom. The summed E-state index contributed by atoms with van der Waals surface area (Å²) in [5, 5.41) is 8.30. The Kier molecular flexibility index (Phi) is 5.07. The quantitative estimate of drug-likeness (QED) is 0.547. The van der Waals surface area contributed by atoms with Gasteiger partial charge in [0.15, 0.2) is 6.79 Å². The van der Waals surface area contributed by atoms with Crippen molar-refractivity contribution in [1.82, 2.24) is 4.90 Å². The van der Waals surface area contributed by atoms with E-state index < -0.39 is 24.5 Å². The number of nitrogens with zero attached hydrogens (tertiary/aromatic N) is 1. The lowest BCUT2D eigenvalue weighted by molar-refractivity contribution is -0.152. The molecular formula is C9H17NO5. The van der Waals surface area contributed by atoms with E-state index in [-0.39, 0.29) is 6.54 Å². The molecule has 0 unspecified atom stereocenters. The van der Waals surface area contributed by atoms with E-state index in [1.54, 1.807) is 20.8 Å². The van der Waals surface area contributed by atoms with Crippen LogP contribution in [0.2, 0.25) is 0 Å². The number of rotatable bonds is 3. The second kappa shape index (κ2) is 5.55. The van der Waals surface area contributed by atoms with Crippen LogP contribution in [0, 0.1) is 0 Å². The first-order valence-corrected chi connectivity index (χ1v) is 4.47. The summed E-state index contributed by atoms with van der Waals surface area (Å²) in [6, 6.07) is 0. The summed E-state index contributed by atoms with van der Waals surface area (Å²) in [4.78, 5) is 23.3. The van der Waals surface area contributed by atoms with Gasteiger partial charge in [0, 0.05) is 7.05 Å². The molecule has 0 heterocycles. The molecule has 0 saturated heterocycles. The van der Waals surface area contributed by atoms with Gasteiger partial charge in [0.25, 0.3) is 0 Å². The minimum absolute atomic E-state index is 0.254. The van der Waals surface area contributed by atoms with Gasteiger partial charge in [0.2, 0.25) is 0 Å². The molecule has 0 bridgehead atoms.